The molecule has 2 saturated carbocycles. The number of non-ortho nitro benzene ring substituents is 1. The molecule has 6 nitrogen and oxygen atoms in total. The van der Waals surface area contributed by atoms with Gasteiger partial charge in [-0.2, -0.15) is 0 Å². The predicted octanol–water partition coefficient (Wildman–Crippen LogP) is 2.48. The molecule has 0 heterocycles. The van der Waals surface area contributed by atoms with E-state index in [2.05, 4.69) is 10.7 Å². The summed E-state index contributed by atoms with van der Waals surface area (Å²) in [5.41, 5.74) is 3.88. The van der Waals surface area contributed by atoms with Crippen LogP contribution < -0.4 is 16.6 Å². The monoisotopic (exact) mass is 262 g/mol. The van der Waals surface area contributed by atoms with Crippen molar-refractivity contribution in [2.24, 2.45) is 17.7 Å². The average molecular weight is 262 g/mol. The number of nitrogen functional groups attached to an aromatic ring is 1. The minimum Gasteiger partial charge on any atom is -0.381 e. The zero-order chi connectivity index (χ0) is 13.4. The van der Waals surface area contributed by atoms with Crippen molar-refractivity contribution in [3.8, 4) is 0 Å². The average Bonchev–Trinajstić information content (AvgIpc) is 3.28. The van der Waals surface area contributed by atoms with Gasteiger partial charge in [-0.3, -0.25) is 16.0 Å². The first-order valence-corrected chi connectivity index (χ1v) is 6.70. The van der Waals surface area contributed by atoms with Gasteiger partial charge < -0.3 is 10.7 Å². The Morgan fingerprint density at radius 3 is 2.21 bits per heavy atom. The zero-order valence-corrected chi connectivity index (χ0v) is 10.6. The van der Waals surface area contributed by atoms with E-state index in [1.54, 1.807) is 6.07 Å². The van der Waals surface area contributed by atoms with Crippen LogP contribution in [0.25, 0.3) is 0 Å². The molecular formula is C13H18N4O2. The molecule has 3 rings (SSSR count). The quantitative estimate of drug-likeness (QED) is 0.416. The number of nitro benzene ring substituents is 1. The maximum absolute atomic E-state index is 10.9. The van der Waals surface area contributed by atoms with E-state index >= 15 is 0 Å². The van der Waals surface area contributed by atoms with Crippen molar-refractivity contribution in [3.05, 3.63) is 28.3 Å². The number of nitro groups is 1. The fourth-order valence-electron chi connectivity index (χ4n) is 2.61. The summed E-state index contributed by atoms with van der Waals surface area (Å²) in [7, 11) is 0. The van der Waals surface area contributed by atoms with E-state index in [0.29, 0.717) is 11.7 Å². The van der Waals surface area contributed by atoms with Crippen LogP contribution in [0.2, 0.25) is 0 Å². The summed E-state index contributed by atoms with van der Waals surface area (Å²) in [6, 6.07) is 5.31. The van der Waals surface area contributed by atoms with Crippen molar-refractivity contribution in [1.29, 1.82) is 0 Å². The lowest BCUT2D eigenvalue weighted by atomic mass is 10.1. The summed E-state index contributed by atoms with van der Waals surface area (Å²) < 4.78 is 0. The molecule has 2 aliphatic carbocycles. The van der Waals surface area contributed by atoms with Crippen molar-refractivity contribution in [2.75, 3.05) is 10.7 Å². The van der Waals surface area contributed by atoms with Crippen LogP contribution in [0.4, 0.5) is 17.1 Å². The Morgan fingerprint density at radius 2 is 1.74 bits per heavy atom. The number of nitrogens with one attached hydrogen (secondary N) is 2. The van der Waals surface area contributed by atoms with E-state index in [4.69, 9.17) is 5.84 Å². The first kappa shape index (κ1) is 12.2. The Morgan fingerprint density at radius 1 is 1.16 bits per heavy atom. The van der Waals surface area contributed by atoms with Gasteiger partial charge in [0.1, 0.15) is 0 Å². The normalized spacial score (nSPS) is 18.4. The summed E-state index contributed by atoms with van der Waals surface area (Å²) in [6.45, 7) is 0. The summed E-state index contributed by atoms with van der Waals surface area (Å²) in [5, 5.41) is 14.4. The summed E-state index contributed by atoms with van der Waals surface area (Å²) in [5.74, 6) is 6.84. The molecule has 6 heteroatoms. The lowest BCUT2D eigenvalue weighted by molar-refractivity contribution is -0.384. The SMILES string of the molecule is NNc1cc(NC(C2CC2)C2CC2)cc([N+](=O)[O-])c1. The van der Waals surface area contributed by atoms with Gasteiger partial charge in [-0.05, 0) is 43.6 Å². The first-order valence-electron chi connectivity index (χ1n) is 6.70. The Kier molecular flexibility index (Phi) is 3.02. The molecular weight excluding hydrogens is 244 g/mol. The van der Waals surface area contributed by atoms with Crippen molar-refractivity contribution < 1.29 is 4.92 Å². The van der Waals surface area contributed by atoms with Gasteiger partial charge in [0.2, 0.25) is 0 Å². The molecule has 4 N–H and O–H groups in total. The van der Waals surface area contributed by atoms with E-state index in [1.807, 2.05) is 6.07 Å². The molecule has 2 fully saturated rings. The van der Waals surface area contributed by atoms with Crippen LogP contribution in [0, 0.1) is 22.0 Å². The van der Waals surface area contributed by atoms with Gasteiger partial charge in [0, 0.05) is 23.9 Å². The third kappa shape index (κ3) is 2.78. The second kappa shape index (κ2) is 4.70. The van der Waals surface area contributed by atoms with Crippen LogP contribution in [0.1, 0.15) is 25.7 Å². The number of nitrogens with two attached hydrogens (primary N) is 1. The molecule has 0 spiro atoms. The highest BCUT2D eigenvalue weighted by Crippen LogP contribution is 2.46. The molecule has 0 radical (unpaired) electrons. The molecule has 2 aliphatic rings. The van der Waals surface area contributed by atoms with Gasteiger partial charge in [-0.25, -0.2) is 0 Å². The molecule has 0 bridgehead atoms. The van der Waals surface area contributed by atoms with Gasteiger partial charge in [0.15, 0.2) is 0 Å². The van der Waals surface area contributed by atoms with Gasteiger partial charge in [-0.1, -0.05) is 0 Å². The highest BCUT2D eigenvalue weighted by molar-refractivity contribution is 5.63. The Hall–Kier alpha value is -1.82. The first-order chi connectivity index (χ1) is 9.17. The van der Waals surface area contributed by atoms with E-state index in [-0.39, 0.29) is 5.69 Å². The number of benzene rings is 1. The molecule has 0 aromatic heterocycles. The van der Waals surface area contributed by atoms with Crippen molar-refractivity contribution in [1.82, 2.24) is 0 Å². The number of hydrogen-bond acceptors (Lipinski definition) is 5. The largest absolute Gasteiger partial charge is 0.381 e. The topological polar surface area (TPSA) is 93.2 Å². The maximum atomic E-state index is 10.9. The smallest absolute Gasteiger partial charge is 0.273 e. The number of anilines is 2. The van der Waals surface area contributed by atoms with Gasteiger partial charge in [0.25, 0.3) is 5.69 Å². The van der Waals surface area contributed by atoms with Crippen molar-refractivity contribution in [3.63, 3.8) is 0 Å². The van der Waals surface area contributed by atoms with Crippen molar-refractivity contribution >= 4 is 17.1 Å². The van der Waals surface area contributed by atoms with Crippen LogP contribution in [-0.2, 0) is 0 Å². The minimum atomic E-state index is -0.394. The van der Waals surface area contributed by atoms with Gasteiger partial charge in [-0.15, -0.1) is 0 Å². The third-order valence-corrected chi connectivity index (χ3v) is 3.89. The molecule has 0 saturated heterocycles. The second-order valence-corrected chi connectivity index (χ2v) is 5.51. The van der Waals surface area contributed by atoms with E-state index in [1.165, 1.54) is 31.7 Å². The fraction of sp³-hybridized carbons (Fsp3) is 0.538. The molecule has 0 amide bonds. The maximum Gasteiger partial charge on any atom is 0.273 e. The lowest BCUT2D eigenvalue weighted by Gasteiger charge is -2.19. The second-order valence-electron chi connectivity index (χ2n) is 5.51. The molecule has 1 aromatic rings. The Bertz CT molecular complexity index is 485. The number of hydrazine groups is 1. The summed E-state index contributed by atoms with van der Waals surface area (Å²) in [4.78, 5) is 10.5. The van der Waals surface area contributed by atoms with E-state index in [9.17, 15) is 10.1 Å². The van der Waals surface area contributed by atoms with Crippen LogP contribution in [0.5, 0.6) is 0 Å². The Balaban J connectivity index is 1.82. The molecule has 0 atom stereocenters. The molecule has 1 aromatic carbocycles. The highest BCUT2D eigenvalue weighted by atomic mass is 16.6. The van der Waals surface area contributed by atoms with Crippen LogP contribution >= 0.6 is 0 Å². The highest BCUT2D eigenvalue weighted by Gasteiger charge is 2.41. The predicted molar refractivity (Wildman–Crippen MR) is 73.8 cm³/mol. The van der Waals surface area contributed by atoms with Crippen LogP contribution in [-0.4, -0.2) is 11.0 Å². The van der Waals surface area contributed by atoms with Crippen LogP contribution in [0.15, 0.2) is 18.2 Å². The summed E-state index contributed by atoms with van der Waals surface area (Å²) in [6.07, 6.45) is 5.08. The lowest BCUT2D eigenvalue weighted by Crippen LogP contribution is -2.24. The standard InChI is InChI=1S/C13H18N4O2/c14-16-11-5-10(6-12(7-11)17(18)19)15-13(8-1-2-8)9-3-4-9/h5-9,13,15-16H,1-4,14H2. The summed E-state index contributed by atoms with van der Waals surface area (Å²) >= 11 is 0. The third-order valence-electron chi connectivity index (χ3n) is 3.89. The van der Waals surface area contributed by atoms with Crippen LogP contribution in [0.3, 0.4) is 0 Å². The Labute approximate surface area is 111 Å². The van der Waals surface area contributed by atoms with Gasteiger partial charge in [0.05, 0.1) is 10.6 Å². The molecule has 0 aliphatic heterocycles. The number of rotatable bonds is 6. The molecule has 19 heavy (non-hydrogen) atoms. The van der Waals surface area contributed by atoms with Gasteiger partial charge >= 0.3 is 0 Å². The minimum absolute atomic E-state index is 0.0586. The zero-order valence-electron chi connectivity index (χ0n) is 10.6. The van der Waals surface area contributed by atoms with E-state index in [0.717, 1.165) is 17.5 Å². The molecule has 102 valence electrons. The van der Waals surface area contributed by atoms with Crippen molar-refractivity contribution in [2.45, 2.75) is 31.7 Å². The number of nitrogens with zero attached hydrogens (tertiary/aromatic N) is 1. The van der Waals surface area contributed by atoms with E-state index < -0.39 is 4.92 Å². The molecule has 0 unspecified atom stereocenters. The number of hydrogen-bond donors (Lipinski definition) is 3. The fourth-order valence-corrected chi connectivity index (χ4v) is 2.61.